The first-order valence-corrected chi connectivity index (χ1v) is 10.3. The van der Waals surface area contributed by atoms with Crippen LogP contribution in [0.2, 0.25) is 0 Å². The number of hydrogen-bond donors (Lipinski definition) is 1. The van der Waals surface area contributed by atoms with E-state index in [1.165, 1.54) is 6.08 Å². The van der Waals surface area contributed by atoms with Crippen LogP contribution in [-0.4, -0.2) is 34.4 Å². The lowest BCUT2D eigenvalue weighted by Gasteiger charge is -2.42. The maximum Gasteiger partial charge on any atom is 0.315 e. The van der Waals surface area contributed by atoms with Crippen molar-refractivity contribution in [3.63, 3.8) is 0 Å². The highest BCUT2D eigenvalue weighted by Crippen LogP contribution is 2.58. The third-order valence-corrected chi connectivity index (χ3v) is 6.96. The van der Waals surface area contributed by atoms with Gasteiger partial charge in [-0.05, 0) is 43.6 Å². The summed E-state index contributed by atoms with van der Waals surface area (Å²) in [5.74, 6) is -3.70. The molecular weight excluding hydrogens is 372 g/mol. The third kappa shape index (κ3) is 2.84. The van der Waals surface area contributed by atoms with E-state index in [0.29, 0.717) is 22.8 Å². The molecule has 3 aliphatic heterocycles. The van der Waals surface area contributed by atoms with E-state index in [4.69, 9.17) is 14.2 Å². The Kier molecular flexibility index (Phi) is 4.63. The maximum atomic E-state index is 13.1. The number of cyclic esters (lactones) is 1. The predicted octanol–water partition coefficient (Wildman–Crippen LogP) is 3.19. The molecule has 0 bridgehead atoms. The van der Waals surface area contributed by atoms with Crippen LogP contribution in [0.1, 0.15) is 41.0 Å². The van der Waals surface area contributed by atoms with Gasteiger partial charge in [0.15, 0.2) is 11.6 Å². The minimum atomic E-state index is -1.77. The molecule has 7 atom stereocenters. The molecule has 4 aliphatic rings. The largest absolute Gasteiger partial charge is 0.465 e. The zero-order valence-electron chi connectivity index (χ0n) is 17.5. The summed E-state index contributed by atoms with van der Waals surface area (Å²) in [6.45, 7) is 9.35. The molecule has 6 nitrogen and oxygen atoms in total. The number of carbonyl (C=O) groups excluding carboxylic acids is 2. The average Bonchev–Trinajstić information content (AvgIpc) is 2.94. The molecule has 0 radical (unpaired) electrons. The van der Waals surface area contributed by atoms with Gasteiger partial charge >= 0.3 is 5.97 Å². The quantitative estimate of drug-likeness (QED) is 0.733. The summed E-state index contributed by atoms with van der Waals surface area (Å²) < 4.78 is 17.3. The molecule has 0 aromatic carbocycles. The van der Waals surface area contributed by atoms with E-state index in [2.05, 4.69) is 19.9 Å². The second-order valence-electron chi connectivity index (χ2n) is 8.79. The van der Waals surface area contributed by atoms with Crippen molar-refractivity contribution in [3.8, 4) is 0 Å². The summed E-state index contributed by atoms with van der Waals surface area (Å²) in [5.41, 5.74) is -0.000229. The first-order chi connectivity index (χ1) is 13.6. The fraction of sp³-hybridized carbons (Fsp3) is 0.565. The fourth-order valence-electron chi connectivity index (χ4n) is 4.69. The smallest absolute Gasteiger partial charge is 0.315 e. The lowest BCUT2D eigenvalue weighted by atomic mass is 9.65. The molecule has 1 N–H and O–H groups in total. The van der Waals surface area contributed by atoms with Gasteiger partial charge in [0.2, 0.25) is 0 Å². The van der Waals surface area contributed by atoms with Crippen molar-refractivity contribution in [3.05, 3.63) is 47.5 Å². The average molecular weight is 400 g/mol. The Morgan fingerprint density at radius 1 is 1.24 bits per heavy atom. The van der Waals surface area contributed by atoms with Crippen LogP contribution in [0, 0.1) is 23.7 Å². The van der Waals surface area contributed by atoms with E-state index in [1.54, 1.807) is 33.1 Å². The molecule has 0 saturated carbocycles. The molecule has 4 rings (SSSR count). The Balaban J connectivity index is 1.74. The molecule has 6 heteroatoms. The number of hydrogen-bond acceptors (Lipinski definition) is 6. The van der Waals surface area contributed by atoms with Gasteiger partial charge in [0.25, 0.3) is 0 Å². The summed E-state index contributed by atoms with van der Waals surface area (Å²) in [6, 6.07) is 0. The Hall–Kier alpha value is -2.18. The molecule has 0 spiro atoms. The topological polar surface area (TPSA) is 82.1 Å². The number of allylic oxidation sites excluding steroid dienone is 4. The number of aliphatic hydroxyl groups is 1. The third-order valence-electron chi connectivity index (χ3n) is 6.96. The van der Waals surface area contributed by atoms with Crippen LogP contribution in [0.4, 0.5) is 0 Å². The summed E-state index contributed by atoms with van der Waals surface area (Å²) in [4.78, 5) is 25.9. The first kappa shape index (κ1) is 20.1. The minimum Gasteiger partial charge on any atom is -0.465 e. The molecule has 29 heavy (non-hydrogen) atoms. The monoisotopic (exact) mass is 400 g/mol. The first-order valence-electron chi connectivity index (χ1n) is 10.3. The second kappa shape index (κ2) is 6.67. The van der Waals surface area contributed by atoms with E-state index >= 15 is 0 Å². The van der Waals surface area contributed by atoms with Crippen molar-refractivity contribution in [1.82, 2.24) is 0 Å². The second-order valence-corrected chi connectivity index (χ2v) is 8.79. The predicted molar refractivity (Wildman–Crippen MR) is 105 cm³/mol. The van der Waals surface area contributed by atoms with Crippen molar-refractivity contribution in [1.29, 1.82) is 0 Å². The van der Waals surface area contributed by atoms with Crippen LogP contribution in [0.25, 0.3) is 0 Å². The molecule has 156 valence electrons. The Morgan fingerprint density at radius 2 is 1.97 bits per heavy atom. The van der Waals surface area contributed by atoms with Crippen LogP contribution in [0.3, 0.4) is 0 Å². The van der Waals surface area contributed by atoms with Crippen LogP contribution in [0.15, 0.2) is 47.5 Å². The summed E-state index contributed by atoms with van der Waals surface area (Å²) in [6.07, 6.45) is 9.33. The Morgan fingerprint density at radius 3 is 2.66 bits per heavy atom. The van der Waals surface area contributed by atoms with Gasteiger partial charge < -0.3 is 19.3 Å². The van der Waals surface area contributed by atoms with Crippen molar-refractivity contribution in [2.24, 2.45) is 23.7 Å². The van der Waals surface area contributed by atoms with Gasteiger partial charge in [-0.1, -0.05) is 33.3 Å². The van der Waals surface area contributed by atoms with Crippen molar-refractivity contribution >= 4 is 11.8 Å². The Labute approximate surface area is 170 Å². The standard InChI is InChI=1S/C23H28O6/c1-6-12(2)7-8-16-9-15-10-18(24)22(5)19(17(15)11-27-16)20-21(25)28-14(4)13(3)23(20,26)29-22/h7-14,19-20,26H,6H2,1-5H3/b8-7+/t12-,13+,14+,19+,20-,22+,23+/m0/s1. The van der Waals surface area contributed by atoms with E-state index in [-0.39, 0.29) is 5.78 Å². The molecule has 2 fully saturated rings. The van der Waals surface area contributed by atoms with Gasteiger partial charge in [0, 0.05) is 17.4 Å². The number of rotatable bonds is 3. The van der Waals surface area contributed by atoms with Gasteiger partial charge in [-0.3, -0.25) is 9.59 Å². The molecule has 2 saturated heterocycles. The van der Waals surface area contributed by atoms with Gasteiger partial charge in [0.05, 0.1) is 6.26 Å². The van der Waals surface area contributed by atoms with Gasteiger partial charge in [0.1, 0.15) is 23.4 Å². The van der Waals surface area contributed by atoms with Crippen LogP contribution in [0.5, 0.6) is 0 Å². The fourth-order valence-corrected chi connectivity index (χ4v) is 4.69. The van der Waals surface area contributed by atoms with E-state index in [9.17, 15) is 14.7 Å². The number of ketones is 1. The highest BCUT2D eigenvalue weighted by Gasteiger charge is 2.72. The lowest BCUT2D eigenvalue weighted by Crippen LogP contribution is -2.56. The molecule has 0 aromatic heterocycles. The summed E-state index contributed by atoms with van der Waals surface area (Å²) in [5, 5.41) is 11.4. The van der Waals surface area contributed by atoms with Crippen LogP contribution >= 0.6 is 0 Å². The summed E-state index contributed by atoms with van der Waals surface area (Å²) in [7, 11) is 0. The van der Waals surface area contributed by atoms with Crippen LogP contribution < -0.4 is 0 Å². The van der Waals surface area contributed by atoms with Gasteiger partial charge in [-0.25, -0.2) is 0 Å². The zero-order chi connectivity index (χ0) is 21.1. The Bertz CT molecular complexity index is 880. The molecule has 0 aromatic rings. The SMILES string of the molecule is CC[C@H](C)/C=C/C1=CC2=CC(=O)[C@@]3(C)O[C@]4(O)[C@H](C)[C@@H](C)OC(=O)[C@@H]4[C@H]3C2=CO1. The summed E-state index contributed by atoms with van der Waals surface area (Å²) >= 11 is 0. The number of fused-ring (bicyclic) bond motifs is 5. The minimum absolute atomic E-state index is 0.270. The number of carbonyl (C=O) groups is 2. The van der Waals surface area contributed by atoms with Gasteiger partial charge in [-0.15, -0.1) is 0 Å². The van der Waals surface area contributed by atoms with E-state index in [1.807, 2.05) is 6.08 Å². The molecular formula is C23H28O6. The normalized spacial score (nSPS) is 42.1. The molecule has 1 aliphatic carbocycles. The molecule has 3 heterocycles. The number of ether oxygens (including phenoxy) is 3. The lowest BCUT2D eigenvalue weighted by molar-refractivity contribution is -0.286. The highest BCUT2D eigenvalue weighted by molar-refractivity contribution is 6.02. The van der Waals surface area contributed by atoms with Crippen molar-refractivity contribution < 1.29 is 28.9 Å². The highest BCUT2D eigenvalue weighted by atomic mass is 16.7. The van der Waals surface area contributed by atoms with Crippen molar-refractivity contribution in [2.75, 3.05) is 0 Å². The van der Waals surface area contributed by atoms with Crippen molar-refractivity contribution in [2.45, 2.75) is 58.5 Å². The molecule has 0 unspecified atom stereocenters. The van der Waals surface area contributed by atoms with Gasteiger partial charge in [-0.2, -0.15) is 0 Å². The maximum absolute atomic E-state index is 13.1. The van der Waals surface area contributed by atoms with Crippen LogP contribution in [-0.2, 0) is 23.8 Å². The van der Waals surface area contributed by atoms with E-state index in [0.717, 1.165) is 6.42 Å². The molecule has 0 amide bonds. The number of esters is 1. The zero-order valence-corrected chi connectivity index (χ0v) is 17.5. The van der Waals surface area contributed by atoms with E-state index < -0.39 is 41.2 Å².